The summed E-state index contributed by atoms with van der Waals surface area (Å²) < 4.78 is 0. The molecule has 1 rings (SSSR count). The molecule has 0 radical (unpaired) electrons. The maximum atomic E-state index is 10.8. The summed E-state index contributed by atoms with van der Waals surface area (Å²) in [5.74, 6) is -0.334. The molecule has 0 saturated carbocycles. The minimum atomic E-state index is -0.334. The Labute approximate surface area is 93.9 Å². The third-order valence-electron chi connectivity index (χ3n) is 2.21. The van der Waals surface area contributed by atoms with Crippen LogP contribution in [0.25, 0.3) is 0 Å². The van der Waals surface area contributed by atoms with Gasteiger partial charge < -0.3 is 11.5 Å². The molecule has 0 fully saturated rings. The summed E-state index contributed by atoms with van der Waals surface area (Å²) in [5, 5.41) is 2.00. The van der Waals surface area contributed by atoms with E-state index in [1.807, 2.05) is 36.4 Å². The third-order valence-corrected chi connectivity index (χ3v) is 3.16. The zero-order chi connectivity index (χ0) is 11.4. The molecule has 0 aliphatic rings. The first-order valence-electron chi connectivity index (χ1n) is 4.80. The van der Waals surface area contributed by atoms with Crippen LogP contribution in [0.5, 0.6) is 0 Å². The number of primary amides is 1. The Bertz CT molecular complexity index is 310. The number of hydrogen-bond acceptors (Lipinski definition) is 4. The first-order chi connectivity index (χ1) is 7.02. The Morgan fingerprint density at radius 3 is 2.73 bits per heavy atom. The van der Waals surface area contributed by atoms with Crippen molar-refractivity contribution in [1.82, 2.24) is 4.90 Å². The summed E-state index contributed by atoms with van der Waals surface area (Å²) in [6, 6.07) is 4.02. The fourth-order valence-electron chi connectivity index (χ4n) is 1.68. The van der Waals surface area contributed by atoms with E-state index in [1.54, 1.807) is 11.3 Å². The second-order valence-electron chi connectivity index (χ2n) is 3.70. The molecule has 0 aliphatic carbocycles. The Kier molecular flexibility index (Phi) is 4.26. The molecule has 0 spiro atoms. The van der Waals surface area contributed by atoms with E-state index in [1.165, 1.54) is 0 Å². The molecule has 15 heavy (non-hydrogen) atoms. The van der Waals surface area contributed by atoms with Gasteiger partial charge in [-0.1, -0.05) is 6.07 Å². The molecule has 2 atom stereocenters. The SMILES string of the molecule is CC(N)C(c1cccs1)N(C)CC(N)=O. The fourth-order valence-corrected chi connectivity index (χ4v) is 2.69. The Morgan fingerprint density at radius 2 is 2.33 bits per heavy atom. The van der Waals surface area contributed by atoms with E-state index in [2.05, 4.69) is 0 Å². The van der Waals surface area contributed by atoms with E-state index in [-0.39, 0.29) is 24.5 Å². The van der Waals surface area contributed by atoms with E-state index in [4.69, 9.17) is 11.5 Å². The second kappa shape index (κ2) is 5.25. The monoisotopic (exact) mass is 227 g/mol. The van der Waals surface area contributed by atoms with Gasteiger partial charge >= 0.3 is 0 Å². The maximum absolute atomic E-state index is 10.8. The van der Waals surface area contributed by atoms with Gasteiger partial charge in [-0.25, -0.2) is 0 Å². The van der Waals surface area contributed by atoms with E-state index >= 15 is 0 Å². The van der Waals surface area contributed by atoms with E-state index < -0.39 is 0 Å². The van der Waals surface area contributed by atoms with Crippen molar-refractivity contribution in [1.29, 1.82) is 0 Å². The molecule has 2 unspecified atom stereocenters. The number of rotatable bonds is 5. The lowest BCUT2D eigenvalue weighted by molar-refractivity contribution is -0.119. The lowest BCUT2D eigenvalue weighted by Gasteiger charge is -2.29. The van der Waals surface area contributed by atoms with Crippen molar-refractivity contribution >= 4 is 17.2 Å². The predicted octanol–water partition coefficient (Wildman–Crippen LogP) is 0.554. The summed E-state index contributed by atoms with van der Waals surface area (Å²) in [7, 11) is 1.86. The van der Waals surface area contributed by atoms with Gasteiger partial charge in [-0.2, -0.15) is 0 Å². The van der Waals surface area contributed by atoms with Gasteiger partial charge in [0, 0.05) is 10.9 Å². The van der Waals surface area contributed by atoms with Crippen molar-refractivity contribution in [2.45, 2.75) is 19.0 Å². The highest BCUT2D eigenvalue weighted by atomic mass is 32.1. The Balaban J connectivity index is 2.79. The van der Waals surface area contributed by atoms with Crippen LogP contribution in [0.1, 0.15) is 17.8 Å². The molecule has 1 aromatic rings. The number of amides is 1. The fraction of sp³-hybridized carbons (Fsp3) is 0.500. The van der Waals surface area contributed by atoms with Crippen molar-refractivity contribution in [2.75, 3.05) is 13.6 Å². The highest BCUT2D eigenvalue weighted by Gasteiger charge is 2.22. The van der Waals surface area contributed by atoms with Gasteiger partial charge in [0.15, 0.2) is 0 Å². The molecule has 0 saturated heterocycles. The van der Waals surface area contributed by atoms with Gasteiger partial charge in [0.25, 0.3) is 0 Å². The predicted molar refractivity (Wildman–Crippen MR) is 62.5 cm³/mol. The molecular weight excluding hydrogens is 210 g/mol. The van der Waals surface area contributed by atoms with Gasteiger partial charge in [0.1, 0.15) is 0 Å². The average molecular weight is 227 g/mol. The molecule has 5 heteroatoms. The van der Waals surface area contributed by atoms with Crippen molar-refractivity contribution < 1.29 is 4.79 Å². The van der Waals surface area contributed by atoms with E-state index in [9.17, 15) is 4.79 Å². The van der Waals surface area contributed by atoms with Crippen LogP contribution in [-0.4, -0.2) is 30.4 Å². The molecule has 1 heterocycles. The van der Waals surface area contributed by atoms with E-state index in [0.717, 1.165) is 4.88 Å². The van der Waals surface area contributed by atoms with Crippen LogP contribution in [0.3, 0.4) is 0 Å². The molecule has 1 aromatic heterocycles. The molecule has 0 aliphatic heterocycles. The van der Waals surface area contributed by atoms with E-state index in [0.29, 0.717) is 0 Å². The van der Waals surface area contributed by atoms with Crippen LogP contribution in [0.4, 0.5) is 0 Å². The summed E-state index contributed by atoms with van der Waals surface area (Å²) in [6.45, 7) is 2.16. The summed E-state index contributed by atoms with van der Waals surface area (Å²) in [4.78, 5) is 13.9. The highest BCUT2D eigenvalue weighted by molar-refractivity contribution is 7.10. The normalized spacial score (nSPS) is 15.2. The molecule has 4 nitrogen and oxygen atoms in total. The number of carbonyl (C=O) groups is 1. The molecule has 0 bridgehead atoms. The van der Waals surface area contributed by atoms with Gasteiger partial charge in [-0.15, -0.1) is 11.3 Å². The minimum absolute atomic E-state index is 0.0343. The summed E-state index contributed by atoms with van der Waals surface area (Å²) in [5.41, 5.74) is 11.1. The highest BCUT2D eigenvalue weighted by Crippen LogP contribution is 2.25. The number of nitrogens with zero attached hydrogens (tertiary/aromatic N) is 1. The van der Waals surface area contributed by atoms with Crippen LogP contribution in [-0.2, 0) is 4.79 Å². The number of thiophene rings is 1. The Morgan fingerprint density at radius 1 is 1.67 bits per heavy atom. The van der Waals surface area contributed by atoms with Crippen molar-refractivity contribution in [3.63, 3.8) is 0 Å². The number of hydrogen-bond donors (Lipinski definition) is 2. The first-order valence-corrected chi connectivity index (χ1v) is 5.68. The largest absolute Gasteiger partial charge is 0.369 e. The topological polar surface area (TPSA) is 72.3 Å². The molecular formula is C10H17N3OS. The number of nitrogens with two attached hydrogens (primary N) is 2. The smallest absolute Gasteiger partial charge is 0.231 e. The minimum Gasteiger partial charge on any atom is -0.369 e. The lowest BCUT2D eigenvalue weighted by atomic mass is 10.1. The van der Waals surface area contributed by atoms with Crippen molar-refractivity contribution in [3.05, 3.63) is 22.4 Å². The van der Waals surface area contributed by atoms with Crippen LogP contribution >= 0.6 is 11.3 Å². The van der Waals surface area contributed by atoms with Crippen molar-refractivity contribution in [3.8, 4) is 0 Å². The Hall–Kier alpha value is -0.910. The number of likely N-dealkylation sites (N-methyl/N-ethyl adjacent to an activating group) is 1. The molecule has 4 N–H and O–H groups in total. The lowest BCUT2D eigenvalue weighted by Crippen LogP contribution is -2.41. The summed E-state index contributed by atoms with van der Waals surface area (Å²) in [6.07, 6.45) is 0. The van der Waals surface area contributed by atoms with Gasteiger partial charge in [0.2, 0.25) is 5.91 Å². The van der Waals surface area contributed by atoms with Crippen molar-refractivity contribution in [2.24, 2.45) is 11.5 Å². The number of carbonyl (C=O) groups excluding carboxylic acids is 1. The average Bonchev–Trinajstić information content (AvgIpc) is 2.54. The van der Waals surface area contributed by atoms with Crippen LogP contribution in [0.15, 0.2) is 17.5 Å². The van der Waals surface area contributed by atoms with Crippen LogP contribution in [0.2, 0.25) is 0 Å². The maximum Gasteiger partial charge on any atom is 0.231 e. The first kappa shape index (κ1) is 12.2. The zero-order valence-corrected chi connectivity index (χ0v) is 9.83. The molecule has 84 valence electrons. The molecule has 0 aromatic carbocycles. The van der Waals surface area contributed by atoms with Gasteiger partial charge in [-0.3, -0.25) is 9.69 Å². The van der Waals surface area contributed by atoms with Gasteiger partial charge in [0.05, 0.1) is 12.6 Å². The van der Waals surface area contributed by atoms with Crippen LogP contribution in [0, 0.1) is 0 Å². The van der Waals surface area contributed by atoms with Gasteiger partial charge in [-0.05, 0) is 25.4 Å². The molecule has 1 amide bonds. The standard InChI is InChI=1S/C10H17N3OS/c1-7(11)10(8-4-3-5-15-8)13(2)6-9(12)14/h3-5,7,10H,6,11H2,1-2H3,(H2,12,14). The quantitative estimate of drug-likeness (QED) is 0.771. The summed E-state index contributed by atoms with van der Waals surface area (Å²) >= 11 is 1.64. The zero-order valence-electron chi connectivity index (χ0n) is 9.01. The van der Waals surface area contributed by atoms with Crippen LogP contribution < -0.4 is 11.5 Å². The third kappa shape index (κ3) is 3.30. The second-order valence-corrected chi connectivity index (χ2v) is 4.68.